The van der Waals surface area contributed by atoms with Gasteiger partial charge in [-0.15, -0.1) is 0 Å². The van der Waals surface area contributed by atoms with Gasteiger partial charge < -0.3 is 16.3 Å². The predicted octanol–water partition coefficient (Wildman–Crippen LogP) is 2.71. The second kappa shape index (κ2) is 6.41. The molecule has 0 radical (unpaired) electrons. The summed E-state index contributed by atoms with van der Waals surface area (Å²) in [5, 5.41) is 15.3. The molecule has 1 aliphatic carbocycles. The molecule has 1 aliphatic rings. The Morgan fingerprint density at radius 1 is 1.39 bits per heavy atom. The van der Waals surface area contributed by atoms with Gasteiger partial charge in [-0.05, 0) is 37.6 Å². The van der Waals surface area contributed by atoms with E-state index in [1.165, 1.54) is 19.3 Å². The van der Waals surface area contributed by atoms with Crippen LogP contribution in [0.4, 0.5) is 0 Å². The third kappa shape index (κ3) is 4.48. The first kappa shape index (κ1) is 15.3. The molecule has 0 aromatic heterocycles. The monoisotopic (exact) mass is 255 g/mol. The highest BCUT2D eigenvalue weighted by molar-refractivity contribution is 5.85. The predicted molar refractivity (Wildman–Crippen MR) is 75.9 cm³/mol. The molecule has 0 atom stereocenters. The second-order valence-corrected chi connectivity index (χ2v) is 6.67. The third-order valence-electron chi connectivity index (χ3n) is 4.32. The molecular formula is C14H29N3O. The summed E-state index contributed by atoms with van der Waals surface area (Å²) < 4.78 is 0. The van der Waals surface area contributed by atoms with E-state index in [-0.39, 0.29) is 5.41 Å². The van der Waals surface area contributed by atoms with Crippen molar-refractivity contribution in [1.29, 1.82) is 0 Å². The number of rotatable bonds is 8. The molecule has 18 heavy (non-hydrogen) atoms. The lowest BCUT2D eigenvalue weighted by Crippen LogP contribution is -2.37. The van der Waals surface area contributed by atoms with Crippen molar-refractivity contribution >= 4 is 5.84 Å². The lowest BCUT2D eigenvalue weighted by atomic mass is 9.70. The van der Waals surface area contributed by atoms with E-state index < -0.39 is 0 Å². The fourth-order valence-corrected chi connectivity index (χ4v) is 2.43. The van der Waals surface area contributed by atoms with E-state index in [2.05, 4.69) is 17.4 Å². The molecule has 0 spiro atoms. The van der Waals surface area contributed by atoms with Crippen molar-refractivity contribution in [3.05, 3.63) is 0 Å². The lowest BCUT2D eigenvalue weighted by Gasteiger charge is -2.38. The van der Waals surface area contributed by atoms with Gasteiger partial charge in [-0.1, -0.05) is 38.8 Å². The Kier molecular flexibility index (Phi) is 5.45. The summed E-state index contributed by atoms with van der Waals surface area (Å²) in [6.07, 6.45) is 7.35. The van der Waals surface area contributed by atoms with Crippen molar-refractivity contribution in [3.63, 3.8) is 0 Å². The summed E-state index contributed by atoms with van der Waals surface area (Å²) >= 11 is 0. The molecule has 1 saturated carbocycles. The first-order valence-electron chi connectivity index (χ1n) is 7.08. The number of unbranched alkanes of at least 4 members (excludes halogenated alkanes) is 1. The van der Waals surface area contributed by atoms with Gasteiger partial charge >= 0.3 is 0 Å². The summed E-state index contributed by atoms with van der Waals surface area (Å²) in [6, 6.07) is 0. The van der Waals surface area contributed by atoms with E-state index in [4.69, 9.17) is 10.9 Å². The van der Waals surface area contributed by atoms with E-state index in [1.54, 1.807) is 0 Å². The van der Waals surface area contributed by atoms with Crippen LogP contribution in [0.1, 0.15) is 59.3 Å². The summed E-state index contributed by atoms with van der Waals surface area (Å²) in [5.74, 6) is 0.331. The van der Waals surface area contributed by atoms with Gasteiger partial charge in [-0.2, -0.15) is 0 Å². The van der Waals surface area contributed by atoms with E-state index in [1.807, 2.05) is 13.8 Å². The van der Waals surface area contributed by atoms with Crippen LogP contribution in [0, 0.1) is 10.8 Å². The molecule has 0 unspecified atom stereocenters. The molecule has 0 aromatic carbocycles. The highest BCUT2D eigenvalue weighted by Crippen LogP contribution is 2.39. The van der Waals surface area contributed by atoms with E-state index >= 15 is 0 Å². The summed E-state index contributed by atoms with van der Waals surface area (Å²) in [5.41, 5.74) is 6.02. The Morgan fingerprint density at radius 2 is 2.06 bits per heavy atom. The average Bonchev–Trinajstić information content (AvgIpc) is 2.30. The van der Waals surface area contributed by atoms with Crippen molar-refractivity contribution in [1.82, 2.24) is 5.32 Å². The highest BCUT2D eigenvalue weighted by Gasteiger charge is 2.30. The molecule has 0 heterocycles. The molecule has 0 aliphatic heterocycles. The van der Waals surface area contributed by atoms with Crippen LogP contribution in [0.15, 0.2) is 5.16 Å². The molecule has 0 bridgehead atoms. The smallest absolute Gasteiger partial charge is 0.144 e. The molecule has 1 rings (SSSR count). The Bertz CT molecular complexity index is 283. The zero-order valence-electron chi connectivity index (χ0n) is 12.1. The topological polar surface area (TPSA) is 70.6 Å². The van der Waals surface area contributed by atoms with Crippen LogP contribution in [0.25, 0.3) is 0 Å². The largest absolute Gasteiger partial charge is 0.409 e. The maximum Gasteiger partial charge on any atom is 0.144 e. The first-order valence-corrected chi connectivity index (χ1v) is 7.08. The van der Waals surface area contributed by atoms with Crippen molar-refractivity contribution in [2.75, 3.05) is 13.1 Å². The number of nitrogens with one attached hydrogen (secondary N) is 1. The van der Waals surface area contributed by atoms with Crippen LogP contribution in [0.2, 0.25) is 0 Å². The van der Waals surface area contributed by atoms with Crippen molar-refractivity contribution in [2.24, 2.45) is 21.7 Å². The number of oxime groups is 1. The molecule has 1 fully saturated rings. The summed E-state index contributed by atoms with van der Waals surface area (Å²) in [4.78, 5) is 0. The van der Waals surface area contributed by atoms with Crippen molar-refractivity contribution in [3.8, 4) is 0 Å². The molecule has 0 amide bonds. The second-order valence-electron chi connectivity index (χ2n) is 6.67. The minimum Gasteiger partial charge on any atom is -0.409 e. The van der Waals surface area contributed by atoms with Crippen LogP contribution < -0.4 is 11.1 Å². The molecule has 0 aromatic rings. The van der Waals surface area contributed by atoms with Crippen LogP contribution in [0.5, 0.6) is 0 Å². The van der Waals surface area contributed by atoms with Gasteiger partial charge in [0.2, 0.25) is 0 Å². The maximum absolute atomic E-state index is 8.68. The SMILES string of the molecule is CC1(CNCCCCC(C)(C)C(N)=NO)CCC1. The molecule has 0 saturated heterocycles. The lowest BCUT2D eigenvalue weighted by molar-refractivity contribution is 0.157. The summed E-state index contributed by atoms with van der Waals surface area (Å²) in [6.45, 7) is 8.62. The van der Waals surface area contributed by atoms with Gasteiger partial charge in [0, 0.05) is 12.0 Å². The Labute approximate surface area is 111 Å². The number of hydrogen-bond acceptors (Lipinski definition) is 3. The number of nitrogens with two attached hydrogens (primary N) is 1. The zero-order valence-corrected chi connectivity index (χ0v) is 12.1. The van der Waals surface area contributed by atoms with E-state index in [0.717, 1.165) is 32.4 Å². The Morgan fingerprint density at radius 3 is 2.56 bits per heavy atom. The van der Waals surface area contributed by atoms with Crippen molar-refractivity contribution in [2.45, 2.75) is 59.3 Å². The fourth-order valence-electron chi connectivity index (χ4n) is 2.43. The standard InChI is InChI=1S/C14H29N3O/c1-13(2,12(15)17-18)7-4-5-10-16-11-14(3)8-6-9-14/h16,18H,4-11H2,1-3H3,(H2,15,17). The Hall–Kier alpha value is -0.770. The number of nitrogens with zero attached hydrogens (tertiary/aromatic N) is 1. The first-order chi connectivity index (χ1) is 8.40. The molecule has 4 nitrogen and oxygen atoms in total. The van der Waals surface area contributed by atoms with Crippen LogP contribution in [-0.2, 0) is 0 Å². The third-order valence-corrected chi connectivity index (χ3v) is 4.32. The Balaban J connectivity index is 2.04. The van der Waals surface area contributed by atoms with Gasteiger partial charge in [-0.25, -0.2) is 0 Å². The minimum absolute atomic E-state index is 0.200. The van der Waals surface area contributed by atoms with E-state index in [0.29, 0.717) is 11.3 Å². The fraction of sp³-hybridized carbons (Fsp3) is 0.929. The molecule has 4 heteroatoms. The van der Waals surface area contributed by atoms with Crippen LogP contribution in [-0.4, -0.2) is 24.1 Å². The van der Waals surface area contributed by atoms with Gasteiger partial charge in [0.25, 0.3) is 0 Å². The highest BCUT2D eigenvalue weighted by atomic mass is 16.4. The molecular weight excluding hydrogens is 226 g/mol. The van der Waals surface area contributed by atoms with Crippen LogP contribution in [0.3, 0.4) is 0 Å². The van der Waals surface area contributed by atoms with Gasteiger partial charge in [0.1, 0.15) is 5.84 Å². The quantitative estimate of drug-likeness (QED) is 0.205. The van der Waals surface area contributed by atoms with Gasteiger partial charge in [-0.3, -0.25) is 0 Å². The van der Waals surface area contributed by atoms with Crippen molar-refractivity contribution < 1.29 is 5.21 Å². The zero-order chi connectivity index (χ0) is 13.6. The number of hydrogen-bond donors (Lipinski definition) is 3. The summed E-state index contributed by atoms with van der Waals surface area (Å²) in [7, 11) is 0. The van der Waals surface area contributed by atoms with Gasteiger partial charge in [0.15, 0.2) is 0 Å². The minimum atomic E-state index is -0.200. The number of amidine groups is 1. The molecule has 106 valence electrons. The average molecular weight is 255 g/mol. The normalized spacial score (nSPS) is 19.6. The van der Waals surface area contributed by atoms with E-state index in [9.17, 15) is 0 Å². The molecule has 4 N–H and O–H groups in total. The van der Waals surface area contributed by atoms with Gasteiger partial charge in [0.05, 0.1) is 0 Å². The maximum atomic E-state index is 8.68. The van der Waals surface area contributed by atoms with Crippen LogP contribution >= 0.6 is 0 Å².